The highest BCUT2D eigenvalue weighted by atomic mass is 16.5. The second-order valence-corrected chi connectivity index (χ2v) is 5.34. The van der Waals surface area contributed by atoms with Crippen molar-refractivity contribution in [1.82, 2.24) is 10.2 Å². The third-order valence-electron chi connectivity index (χ3n) is 4.16. The van der Waals surface area contributed by atoms with E-state index < -0.39 is 0 Å². The number of rotatable bonds is 6. The van der Waals surface area contributed by atoms with Gasteiger partial charge in [-0.15, -0.1) is 0 Å². The Morgan fingerprint density at radius 3 is 2.45 bits per heavy atom. The Bertz CT molecular complexity index is 415. The largest absolute Gasteiger partial charge is 0.493 e. The molecule has 1 saturated heterocycles. The zero-order valence-electron chi connectivity index (χ0n) is 12.8. The van der Waals surface area contributed by atoms with Gasteiger partial charge in [-0.2, -0.15) is 0 Å². The normalized spacial score (nSPS) is 17.1. The highest BCUT2D eigenvalue weighted by molar-refractivity contribution is 5.42. The van der Waals surface area contributed by atoms with E-state index in [4.69, 9.17) is 9.47 Å². The molecule has 112 valence electrons. The first kappa shape index (κ1) is 15.1. The summed E-state index contributed by atoms with van der Waals surface area (Å²) in [6, 6.07) is 6.90. The SMILES string of the molecule is CNC1CCN(CCc2ccc(OC)c(OC)c2)CC1. The minimum absolute atomic E-state index is 0.701. The molecule has 0 bridgehead atoms. The molecule has 1 N–H and O–H groups in total. The quantitative estimate of drug-likeness (QED) is 0.862. The average molecular weight is 278 g/mol. The molecule has 2 rings (SSSR count). The maximum absolute atomic E-state index is 5.35. The van der Waals surface area contributed by atoms with Crippen molar-refractivity contribution in [3.05, 3.63) is 23.8 Å². The van der Waals surface area contributed by atoms with Crippen LogP contribution in [0.5, 0.6) is 11.5 Å². The van der Waals surface area contributed by atoms with E-state index in [9.17, 15) is 0 Å². The molecule has 0 atom stereocenters. The molecule has 4 nitrogen and oxygen atoms in total. The predicted molar refractivity (Wildman–Crippen MR) is 81.8 cm³/mol. The van der Waals surface area contributed by atoms with Crippen LogP contribution in [-0.2, 0) is 6.42 Å². The minimum Gasteiger partial charge on any atom is -0.493 e. The number of piperidine rings is 1. The Morgan fingerprint density at radius 2 is 1.85 bits per heavy atom. The molecule has 1 aromatic rings. The van der Waals surface area contributed by atoms with Gasteiger partial charge in [0.1, 0.15) is 0 Å². The summed E-state index contributed by atoms with van der Waals surface area (Å²) in [6.07, 6.45) is 3.56. The van der Waals surface area contributed by atoms with Gasteiger partial charge in [0.25, 0.3) is 0 Å². The third kappa shape index (κ3) is 3.87. The van der Waals surface area contributed by atoms with Gasteiger partial charge in [0, 0.05) is 12.6 Å². The summed E-state index contributed by atoms with van der Waals surface area (Å²) in [4.78, 5) is 2.55. The molecule has 1 heterocycles. The second-order valence-electron chi connectivity index (χ2n) is 5.34. The van der Waals surface area contributed by atoms with Crippen LogP contribution in [0.25, 0.3) is 0 Å². The number of hydrogen-bond donors (Lipinski definition) is 1. The van der Waals surface area contributed by atoms with E-state index in [2.05, 4.69) is 29.4 Å². The summed E-state index contributed by atoms with van der Waals surface area (Å²) in [5.41, 5.74) is 1.30. The van der Waals surface area contributed by atoms with Crippen molar-refractivity contribution in [2.24, 2.45) is 0 Å². The fourth-order valence-corrected chi connectivity index (χ4v) is 2.77. The van der Waals surface area contributed by atoms with Crippen LogP contribution in [-0.4, -0.2) is 51.8 Å². The van der Waals surface area contributed by atoms with Gasteiger partial charge < -0.3 is 19.7 Å². The number of likely N-dealkylation sites (tertiary alicyclic amines) is 1. The molecule has 0 radical (unpaired) electrons. The van der Waals surface area contributed by atoms with Gasteiger partial charge in [0.05, 0.1) is 14.2 Å². The van der Waals surface area contributed by atoms with E-state index in [1.165, 1.54) is 31.5 Å². The lowest BCUT2D eigenvalue weighted by Crippen LogP contribution is -2.41. The van der Waals surface area contributed by atoms with E-state index in [-0.39, 0.29) is 0 Å². The summed E-state index contributed by atoms with van der Waals surface area (Å²) < 4.78 is 10.6. The van der Waals surface area contributed by atoms with E-state index in [0.717, 1.165) is 24.5 Å². The fraction of sp³-hybridized carbons (Fsp3) is 0.625. The van der Waals surface area contributed by atoms with Crippen molar-refractivity contribution in [1.29, 1.82) is 0 Å². The third-order valence-corrected chi connectivity index (χ3v) is 4.16. The number of methoxy groups -OCH3 is 2. The minimum atomic E-state index is 0.701. The van der Waals surface area contributed by atoms with E-state index in [1.54, 1.807) is 14.2 Å². The Morgan fingerprint density at radius 1 is 1.15 bits per heavy atom. The molecule has 0 unspecified atom stereocenters. The number of hydrogen-bond acceptors (Lipinski definition) is 4. The van der Waals surface area contributed by atoms with Crippen molar-refractivity contribution >= 4 is 0 Å². The summed E-state index contributed by atoms with van der Waals surface area (Å²) >= 11 is 0. The van der Waals surface area contributed by atoms with Crippen LogP contribution in [0.15, 0.2) is 18.2 Å². The molecule has 0 saturated carbocycles. The lowest BCUT2D eigenvalue weighted by atomic mass is 10.0. The van der Waals surface area contributed by atoms with Crippen LogP contribution in [0.2, 0.25) is 0 Å². The van der Waals surface area contributed by atoms with Crippen LogP contribution in [0, 0.1) is 0 Å². The molecule has 1 fully saturated rings. The van der Waals surface area contributed by atoms with Gasteiger partial charge in [-0.3, -0.25) is 0 Å². The van der Waals surface area contributed by atoms with Gasteiger partial charge in [-0.05, 0) is 57.1 Å². The van der Waals surface area contributed by atoms with Crippen molar-refractivity contribution in [2.75, 3.05) is 40.9 Å². The summed E-state index contributed by atoms with van der Waals surface area (Å²) in [5, 5.41) is 3.37. The lowest BCUT2D eigenvalue weighted by Gasteiger charge is -2.31. The molecule has 0 aliphatic carbocycles. The van der Waals surface area contributed by atoms with Crippen LogP contribution in [0.3, 0.4) is 0 Å². The van der Waals surface area contributed by atoms with E-state index >= 15 is 0 Å². The predicted octanol–water partition coefficient (Wildman–Crippen LogP) is 1.93. The molecule has 1 aliphatic rings. The van der Waals surface area contributed by atoms with Gasteiger partial charge >= 0.3 is 0 Å². The van der Waals surface area contributed by atoms with Gasteiger partial charge in [0.2, 0.25) is 0 Å². The summed E-state index contributed by atoms with van der Waals surface area (Å²) in [7, 11) is 5.41. The van der Waals surface area contributed by atoms with E-state index in [0.29, 0.717) is 6.04 Å². The number of nitrogens with zero attached hydrogens (tertiary/aromatic N) is 1. The first-order valence-electron chi connectivity index (χ1n) is 7.37. The molecule has 0 spiro atoms. The van der Waals surface area contributed by atoms with Crippen LogP contribution in [0.1, 0.15) is 18.4 Å². The van der Waals surface area contributed by atoms with Crippen molar-refractivity contribution in [2.45, 2.75) is 25.3 Å². The van der Waals surface area contributed by atoms with Crippen molar-refractivity contribution in [3.8, 4) is 11.5 Å². The Hall–Kier alpha value is -1.26. The first-order valence-corrected chi connectivity index (χ1v) is 7.37. The molecule has 20 heavy (non-hydrogen) atoms. The number of ether oxygens (including phenoxy) is 2. The second kappa shape index (κ2) is 7.50. The fourth-order valence-electron chi connectivity index (χ4n) is 2.77. The standard InChI is InChI=1S/C16H26N2O2/c1-17-14-7-10-18(11-8-14)9-6-13-4-5-15(19-2)16(12-13)20-3/h4-5,12,14,17H,6-11H2,1-3H3. The monoisotopic (exact) mass is 278 g/mol. The summed E-state index contributed by atoms with van der Waals surface area (Å²) in [6.45, 7) is 3.50. The lowest BCUT2D eigenvalue weighted by molar-refractivity contribution is 0.204. The van der Waals surface area contributed by atoms with Crippen molar-refractivity contribution < 1.29 is 9.47 Å². The summed E-state index contributed by atoms with van der Waals surface area (Å²) in [5.74, 6) is 1.62. The first-order chi connectivity index (χ1) is 9.76. The Balaban J connectivity index is 1.85. The molecule has 0 amide bonds. The highest BCUT2D eigenvalue weighted by Gasteiger charge is 2.17. The van der Waals surface area contributed by atoms with Crippen LogP contribution in [0.4, 0.5) is 0 Å². The molecule has 1 aromatic carbocycles. The number of nitrogens with one attached hydrogen (secondary N) is 1. The van der Waals surface area contributed by atoms with Gasteiger partial charge in [0.15, 0.2) is 11.5 Å². The van der Waals surface area contributed by atoms with E-state index in [1.807, 2.05) is 6.07 Å². The molecule has 4 heteroatoms. The molecule has 1 aliphatic heterocycles. The van der Waals surface area contributed by atoms with Gasteiger partial charge in [-0.25, -0.2) is 0 Å². The van der Waals surface area contributed by atoms with Crippen LogP contribution < -0.4 is 14.8 Å². The van der Waals surface area contributed by atoms with Gasteiger partial charge in [-0.1, -0.05) is 6.07 Å². The van der Waals surface area contributed by atoms with Crippen LogP contribution >= 0.6 is 0 Å². The Labute approximate surface area is 122 Å². The molecular weight excluding hydrogens is 252 g/mol. The molecular formula is C16H26N2O2. The maximum Gasteiger partial charge on any atom is 0.160 e. The smallest absolute Gasteiger partial charge is 0.160 e. The maximum atomic E-state index is 5.35. The topological polar surface area (TPSA) is 33.7 Å². The zero-order valence-corrected chi connectivity index (χ0v) is 12.8. The number of benzene rings is 1. The van der Waals surface area contributed by atoms with Crippen molar-refractivity contribution in [3.63, 3.8) is 0 Å². The molecule has 0 aromatic heterocycles. The highest BCUT2D eigenvalue weighted by Crippen LogP contribution is 2.27. The Kier molecular flexibility index (Phi) is 5.68. The zero-order chi connectivity index (χ0) is 14.4. The average Bonchev–Trinajstić information content (AvgIpc) is 2.53.